The van der Waals surface area contributed by atoms with Crippen LogP contribution in [-0.4, -0.2) is 11.2 Å². The minimum Gasteiger partial charge on any atom is -0.229 e. The number of unbranched alkanes of at least 4 members (excludes halogenated alkanes) is 4. The molecule has 0 amide bonds. The molecule has 0 saturated heterocycles. The quantitative estimate of drug-likeness (QED) is 0.271. The molecule has 0 N–H and O–H groups in total. The second-order valence-corrected chi connectivity index (χ2v) is 7.96. The molecule has 2 aliphatic carbocycles. The van der Waals surface area contributed by atoms with Crippen molar-refractivity contribution in [2.75, 3.05) is 0 Å². The average Bonchev–Trinajstić information content (AvgIpc) is 2.56. The Morgan fingerprint density at radius 1 is 0.818 bits per heavy atom. The zero-order valence-corrected chi connectivity index (χ0v) is 15.4. The van der Waals surface area contributed by atoms with E-state index < -0.39 is 0 Å². The fourth-order valence-electron chi connectivity index (χ4n) is 4.76. The van der Waals surface area contributed by atoms with Crippen LogP contribution in [0.3, 0.4) is 0 Å². The maximum atomic E-state index is 4.74. The molecule has 2 saturated carbocycles. The summed E-state index contributed by atoms with van der Waals surface area (Å²) in [5.74, 6) is 3.06. The van der Waals surface area contributed by atoms with Crippen LogP contribution >= 0.6 is 12.2 Å². The van der Waals surface area contributed by atoms with Gasteiger partial charge < -0.3 is 0 Å². The Bertz CT molecular complexity index is 332. The molecule has 0 unspecified atom stereocenters. The third-order valence-corrected chi connectivity index (χ3v) is 6.36. The predicted molar refractivity (Wildman–Crippen MR) is 99.6 cm³/mol. The number of aliphatic imine (C=N–C) groups is 1. The van der Waals surface area contributed by atoms with Crippen molar-refractivity contribution in [2.45, 2.75) is 103 Å². The van der Waals surface area contributed by atoms with Crippen molar-refractivity contribution < 1.29 is 0 Å². The van der Waals surface area contributed by atoms with E-state index >= 15 is 0 Å². The number of rotatable bonds is 8. The molecular weight excluding hydrogens is 286 g/mol. The Hall–Kier alpha value is -0.200. The molecular formula is C20H35NS. The van der Waals surface area contributed by atoms with Crippen LogP contribution in [0.1, 0.15) is 96.8 Å². The Kier molecular flexibility index (Phi) is 8.70. The van der Waals surface area contributed by atoms with Gasteiger partial charge in [0.1, 0.15) is 0 Å². The Balaban J connectivity index is 1.58. The molecule has 0 aromatic heterocycles. The van der Waals surface area contributed by atoms with Crippen LogP contribution in [-0.2, 0) is 0 Å². The summed E-state index contributed by atoms with van der Waals surface area (Å²) in [7, 11) is 0. The van der Waals surface area contributed by atoms with Crippen molar-refractivity contribution in [2.24, 2.45) is 22.7 Å². The van der Waals surface area contributed by atoms with Gasteiger partial charge in [-0.2, -0.15) is 0 Å². The predicted octanol–water partition coefficient (Wildman–Crippen LogP) is 6.81. The number of thiocarbonyl (C=S) groups is 1. The topological polar surface area (TPSA) is 12.4 Å². The largest absolute Gasteiger partial charge is 0.229 e. The van der Waals surface area contributed by atoms with E-state index in [1.165, 1.54) is 89.9 Å². The summed E-state index contributed by atoms with van der Waals surface area (Å²) >= 11 is 4.74. The van der Waals surface area contributed by atoms with E-state index in [1.807, 2.05) is 0 Å². The van der Waals surface area contributed by atoms with Crippen LogP contribution in [0, 0.1) is 17.8 Å². The lowest BCUT2D eigenvalue weighted by Gasteiger charge is -2.37. The fourth-order valence-corrected chi connectivity index (χ4v) is 4.91. The summed E-state index contributed by atoms with van der Waals surface area (Å²) in [6.07, 6.45) is 20.0. The van der Waals surface area contributed by atoms with Crippen LogP contribution in [0.4, 0.5) is 0 Å². The highest BCUT2D eigenvalue weighted by Crippen LogP contribution is 2.41. The summed E-state index contributed by atoms with van der Waals surface area (Å²) in [5, 5.41) is 2.58. The average molecular weight is 322 g/mol. The smallest absolute Gasteiger partial charge is 0.0603 e. The van der Waals surface area contributed by atoms with E-state index in [2.05, 4.69) is 17.1 Å². The molecule has 2 aliphatic rings. The maximum absolute atomic E-state index is 4.74. The molecule has 0 bridgehead atoms. The van der Waals surface area contributed by atoms with Gasteiger partial charge in [0, 0.05) is 0 Å². The molecule has 22 heavy (non-hydrogen) atoms. The first-order valence-corrected chi connectivity index (χ1v) is 10.3. The Morgan fingerprint density at radius 3 is 2.00 bits per heavy atom. The molecule has 0 aliphatic heterocycles. The molecule has 0 radical (unpaired) electrons. The first kappa shape index (κ1) is 18.1. The number of isothiocyanates is 1. The zero-order valence-electron chi connectivity index (χ0n) is 14.6. The fraction of sp³-hybridized carbons (Fsp3) is 0.950. The van der Waals surface area contributed by atoms with Crippen LogP contribution in [0.15, 0.2) is 4.99 Å². The van der Waals surface area contributed by atoms with Crippen LogP contribution in [0.5, 0.6) is 0 Å². The summed E-state index contributed by atoms with van der Waals surface area (Å²) in [6.45, 7) is 2.30. The van der Waals surface area contributed by atoms with Crippen LogP contribution in [0.2, 0.25) is 0 Å². The summed E-state index contributed by atoms with van der Waals surface area (Å²) in [4.78, 5) is 4.29. The Labute approximate surface area is 143 Å². The van der Waals surface area contributed by atoms with E-state index in [-0.39, 0.29) is 0 Å². The van der Waals surface area contributed by atoms with Gasteiger partial charge >= 0.3 is 0 Å². The zero-order chi connectivity index (χ0) is 15.6. The monoisotopic (exact) mass is 321 g/mol. The van der Waals surface area contributed by atoms with Crippen molar-refractivity contribution in [3.05, 3.63) is 0 Å². The van der Waals surface area contributed by atoms with Crippen molar-refractivity contribution in [1.29, 1.82) is 0 Å². The lowest BCUT2D eigenvalue weighted by Crippen LogP contribution is -2.26. The normalized spacial score (nSPS) is 32.4. The first-order chi connectivity index (χ1) is 10.8. The van der Waals surface area contributed by atoms with Crippen molar-refractivity contribution in [3.63, 3.8) is 0 Å². The van der Waals surface area contributed by atoms with E-state index in [9.17, 15) is 0 Å². The summed E-state index contributed by atoms with van der Waals surface area (Å²) in [5.41, 5.74) is 0. The second-order valence-electron chi connectivity index (χ2n) is 7.77. The first-order valence-electron chi connectivity index (χ1n) is 9.90. The van der Waals surface area contributed by atoms with Crippen LogP contribution < -0.4 is 0 Å². The molecule has 0 spiro atoms. The molecule has 0 aromatic rings. The van der Waals surface area contributed by atoms with Gasteiger partial charge in [0.2, 0.25) is 0 Å². The number of hydrogen-bond donors (Lipinski definition) is 0. The second kappa shape index (κ2) is 10.6. The molecule has 2 rings (SSSR count). The minimum atomic E-state index is 0.494. The van der Waals surface area contributed by atoms with Gasteiger partial charge in [-0.15, -0.1) is 0 Å². The lowest BCUT2D eigenvalue weighted by atomic mass is 9.69. The minimum absolute atomic E-state index is 0.494. The van der Waals surface area contributed by atoms with Crippen molar-refractivity contribution in [3.8, 4) is 0 Å². The van der Waals surface area contributed by atoms with Gasteiger partial charge in [-0.3, -0.25) is 0 Å². The highest BCUT2D eigenvalue weighted by atomic mass is 32.1. The Morgan fingerprint density at radius 2 is 1.41 bits per heavy atom. The third-order valence-electron chi connectivity index (χ3n) is 6.25. The summed E-state index contributed by atoms with van der Waals surface area (Å²) in [6, 6.07) is 0.494. The highest BCUT2D eigenvalue weighted by molar-refractivity contribution is 7.78. The standard InChI is InChI=1S/C20H35NS/c1-2-3-4-5-6-7-17-8-10-18(11-9-17)19-12-14-20(15-13-19)21-16-22/h17-20H,2-15H2,1H3. The number of nitrogens with zero attached hydrogens (tertiary/aromatic N) is 1. The van der Waals surface area contributed by atoms with Crippen LogP contribution in [0.25, 0.3) is 0 Å². The maximum Gasteiger partial charge on any atom is 0.0603 e. The van der Waals surface area contributed by atoms with Gasteiger partial charge in [-0.1, -0.05) is 58.3 Å². The SMILES string of the molecule is CCCCCCCC1CCC(C2CCC(N=C=S)CC2)CC1. The number of hydrogen-bond acceptors (Lipinski definition) is 2. The molecule has 2 fully saturated rings. The van der Waals surface area contributed by atoms with Gasteiger partial charge in [-0.25, -0.2) is 4.99 Å². The van der Waals surface area contributed by atoms with E-state index in [0.717, 1.165) is 17.8 Å². The van der Waals surface area contributed by atoms with E-state index in [4.69, 9.17) is 12.2 Å². The lowest BCUT2D eigenvalue weighted by molar-refractivity contribution is 0.156. The van der Waals surface area contributed by atoms with Gasteiger partial charge in [-0.05, 0) is 68.5 Å². The summed E-state index contributed by atoms with van der Waals surface area (Å²) < 4.78 is 0. The van der Waals surface area contributed by atoms with Crippen molar-refractivity contribution in [1.82, 2.24) is 0 Å². The van der Waals surface area contributed by atoms with E-state index in [1.54, 1.807) is 0 Å². The third kappa shape index (κ3) is 6.13. The molecule has 0 heterocycles. The highest BCUT2D eigenvalue weighted by Gasteiger charge is 2.30. The molecule has 0 atom stereocenters. The molecule has 2 heteroatoms. The van der Waals surface area contributed by atoms with Gasteiger partial charge in [0.05, 0.1) is 11.2 Å². The van der Waals surface area contributed by atoms with Crippen molar-refractivity contribution >= 4 is 17.4 Å². The molecule has 126 valence electrons. The molecule has 1 nitrogen and oxygen atoms in total. The molecule has 0 aromatic carbocycles. The van der Waals surface area contributed by atoms with E-state index in [0.29, 0.717) is 6.04 Å². The van der Waals surface area contributed by atoms with Gasteiger partial charge in [0.15, 0.2) is 0 Å². The van der Waals surface area contributed by atoms with Gasteiger partial charge in [0.25, 0.3) is 0 Å².